The summed E-state index contributed by atoms with van der Waals surface area (Å²) in [6.07, 6.45) is 0. The first kappa shape index (κ1) is 20.9. The van der Waals surface area contributed by atoms with Gasteiger partial charge < -0.3 is 19.1 Å². The van der Waals surface area contributed by atoms with Crippen LogP contribution in [-0.4, -0.2) is 59.4 Å². The number of quaternary nitrogens is 1. The van der Waals surface area contributed by atoms with Crippen LogP contribution < -0.4 is 24.0 Å². The van der Waals surface area contributed by atoms with Gasteiger partial charge in [0.15, 0.2) is 16.6 Å². The first-order valence-electron chi connectivity index (χ1n) is 9.25. The second-order valence-corrected chi connectivity index (χ2v) is 7.80. The van der Waals surface area contributed by atoms with Gasteiger partial charge in [0.05, 0.1) is 58.7 Å². The van der Waals surface area contributed by atoms with Crippen LogP contribution in [0.25, 0.3) is 10.2 Å². The Morgan fingerprint density at radius 2 is 1.72 bits per heavy atom. The minimum atomic E-state index is -0.162. The van der Waals surface area contributed by atoms with Gasteiger partial charge in [-0.3, -0.25) is 9.69 Å². The first-order valence-corrected chi connectivity index (χ1v) is 10.1. The number of fused-ring (bicyclic) bond motifs is 1. The molecule has 0 fully saturated rings. The van der Waals surface area contributed by atoms with Crippen molar-refractivity contribution in [2.45, 2.75) is 0 Å². The summed E-state index contributed by atoms with van der Waals surface area (Å²) in [5.74, 6) is 1.18. The quantitative estimate of drug-likeness (QED) is 0.609. The number of para-hydroxylation sites is 1. The molecule has 1 heterocycles. The molecule has 0 aliphatic rings. The Kier molecular flexibility index (Phi) is 6.56. The Morgan fingerprint density at radius 3 is 2.28 bits per heavy atom. The highest BCUT2D eigenvalue weighted by molar-refractivity contribution is 7.22. The van der Waals surface area contributed by atoms with Crippen LogP contribution in [0, 0.1) is 0 Å². The molecule has 1 aromatic heterocycles. The molecule has 29 heavy (non-hydrogen) atoms. The summed E-state index contributed by atoms with van der Waals surface area (Å²) in [5.41, 5.74) is 1.33. The molecular weight excluding hydrogens is 390 g/mol. The van der Waals surface area contributed by atoms with Crippen molar-refractivity contribution in [2.75, 3.05) is 53.4 Å². The molecule has 0 saturated carbocycles. The molecule has 8 heteroatoms. The SMILES string of the molecule is COc1cc(C(=O)N(CC[NH+](C)C)c2nc3ccccc3s2)cc(OC)c1OC. The monoisotopic (exact) mass is 416 g/mol. The highest BCUT2D eigenvalue weighted by atomic mass is 32.1. The molecular formula is C21H26N3O4S+. The van der Waals surface area contributed by atoms with Gasteiger partial charge in [-0.2, -0.15) is 0 Å². The number of amides is 1. The van der Waals surface area contributed by atoms with E-state index in [4.69, 9.17) is 14.2 Å². The minimum Gasteiger partial charge on any atom is -0.493 e. The van der Waals surface area contributed by atoms with Crippen LogP contribution in [0.3, 0.4) is 0 Å². The van der Waals surface area contributed by atoms with Gasteiger partial charge in [-0.1, -0.05) is 23.5 Å². The largest absolute Gasteiger partial charge is 0.493 e. The second kappa shape index (κ2) is 9.11. The predicted molar refractivity (Wildman–Crippen MR) is 115 cm³/mol. The lowest BCUT2D eigenvalue weighted by Crippen LogP contribution is -3.06. The van der Waals surface area contributed by atoms with Crippen molar-refractivity contribution in [3.05, 3.63) is 42.0 Å². The molecule has 0 radical (unpaired) electrons. The van der Waals surface area contributed by atoms with E-state index in [1.807, 2.05) is 24.3 Å². The maximum absolute atomic E-state index is 13.5. The maximum atomic E-state index is 13.5. The zero-order valence-electron chi connectivity index (χ0n) is 17.3. The van der Waals surface area contributed by atoms with E-state index in [0.717, 1.165) is 16.8 Å². The van der Waals surface area contributed by atoms with Gasteiger partial charge in [0.25, 0.3) is 5.91 Å². The topological polar surface area (TPSA) is 65.3 Å². The lowest BCUT2D eigenvalue weighted by molar-refractivity contribution is -0.856. The third-order valence-corrected chi connectivity index (χ3v) is 5.57. The molecule has 1 amide bonds. The van der Waals surface area contributed by atoms with Crippen LogP contribution in [0.2, 0.25) is 0 Å². The van der Waals surface area contributed by atoms with Gasteiger partial charge in [0.2, 0.25) is 5.75 Å². The molecule has 3 rings (SSSR count). The fourth-order valence-corrected chi connectivity index (χ4v) is 3.95. The van der Waals surface area contributed by atoms with E-state index in [1.165, 1.54) is 37.6 Å². The summed E-state index contributed by atoms with van der Waals surface area (Å²) >= 11 is 1.51. The highest BCUT2D eigenvalue weighted by Crippen LogP contribution is 2.39. The number of hydrogen-bond donors (Lipinski definition) is 1. The standard InChI is InChI=1S/C21H25N3O4S/c1-23(2)10-11-24(21-22-15-8-6-7-9-18(15)29-21)20(25)14-12-16(26-3)19(28-5)17(13-14)27-4/h6-9,12-13H,10-11H2,1-5H3/p+1. The molecule has 1 N–H and O–H groups in total. The van der Waals surface area contributed by atoms with E-state index in [9.17, 15) is 4.79 Å². The van der Waals surface area contributed by atoms with Crippen molar-refractivity contribution in [3.8, 4) is 17.2 Å². The van der Waals surface area contributed by atoms with Crippen LogP contribution in [0.1, 0.15) is 10.4 Å². The molecule has 0 aliphatic carbocycles. The average Bonchev–Trinajstić information content (AvgIpc) is 3.16. The Morgan fingerprint density at radius 1 is 1.07 bits per heavy atom. The van der Waals surface area contributed by atoms with Crippen LogP contribution in [-0.2, 0) is 0 Å². The summed E-state index contributed by atoms with van der Waals surface area (Å²) in [4.78, 5) is 21.2. The van der Waals surface area contributed by atoms with Gasteiger partial charge in [0, 0.05) is 5.56 Å². The van der Waals surface area contributed by atoms with Crippen molar-refractivity contribution in [2.24, 2.45) is 0 Å². The number of ether oxygens (including phenoxy) is 3. The number of nitrogens with zero attached hydrogens (tertiary/aromatic N) is 2. The van der Waals surface area contributed by atoms with Gasteiger partial charge in [-0.15, -0.1) is 0 Å². The van der Waals surface area contributed by atoms with Crippen LogP contribution in [0.15, 0.2) is 36.4 Å². The number of methoxy groups -OCH3 is 3. The number of hydrogen-bond acceptors (Lipinski definition) is 6. The molecule has 0 aliphatic heterocycles. The fourth-order valence-electron chi connectivity index (χ4n) is 2.96. The fraction of sp³-hybridized carbons (Fsp3) is 0.333. The van der Waals surface area contributed by atoms with E-state index >= 15 is 0 Å². The normalized spacial score (nSPS) is 11.0. The van der Waals surface area contributed by atoms with E-state index in [0.29, 0.717) is 34.5 Å². The molecule has 0 unspecified atom stereocenters. The zero-order valence-corrected chi connectivity index (χ0v) is 18.1. The van der Waals surface area contributed by atoms with E-state index in [2.05, 4.69) is 19.1 Å². The molecule has 7 nitrogen and oxygen atoms in total. The van der Waals surface area contributed by atoms with Gasteiger partial charge in [-0.05, 0) is 24.3 Å². The van der Waals surface area contributed by atoms with E-state index < -0.39 is 0 Å². The van der Waals surface area contributed by atoms with Crippen molar-refractivity contribution in [1.29, 1.82) is 0 Å². The van der Waals surface area contributed by atoms with E-state index in [1.54, 1.807) is 17.0 Å². The third-order valence-electron chi connectivity index (χ3n) is 4.51. The van der Waals surface area contributed by atoms with Crippen LogP contribution >= 0.6 is 11.3 Å². The van der Waals surface area contributed by atoms with Gasteiger partial charge >= 0.3 is 0 Å². The zero-order chi connectivity index (χ0) is 21.0. The summed E-state index contributed by atoms with van der Waals surface area (Å²) in [5, 5.41) is 0.672. The van der Waals surface area contributed by atoms with Crippen molar-refractivity contribution in [3.63, 3.8) is 0 Å². The number of nitrogens with one attached hydrogen (secondary N) is 1. The number of rotatable bonds is 8. The minimum absolute atomic E-state index is 0.162. The van der Waals surface area contributed by atoms with Gasteiger partial charge in [-0.25, -0.2) is 4.98 Å². The summed E-state index contributed by atoms with van der Waals surface area (Å²) in [6.45, 7) is 1.32. The first-order chi connectivity index (χ1) is 14.0. The molecule has 0 bridgehead atoms. The van der Waals surface area contributed by atoms with Crippen LogP contribution in [0.5, 0.6) is 17.2 Å². The molecule has 2 aromatic carbocycles. The predicted octanol–water partition coefficient (Wildman–Crippen LogP) is 2.11. The summed E-state index contributed by atoms with van der Waals surface area (Å²) < 4.78 is 17.2. The summed E-state index contributed by atoms with van der Waals surface area (Å²) in [6, 6.07) is 11.2. The van der Waals surface area contributed by atoms with E-state index in [-0.39, 0.29) is 5.91 Å². The summed E-state index contributed by atoms with van der Waals surface area (Å²) in [7, 11) is 8.72. The maximum Gasteiger partial charge on any atom is 0.260 e. The second-order valence-electron chi connectivity index (χ2n) is 6.79. The molecule has 0 atom stereocenters. The lowest BCUT2D eigenvalue weighted by atomic mass is 10.1. The Labute approximate surface area is 174 Å². The van der Waals surface area contributed by atoms with Crippen molar-refractivity contribution in [1.82, 2.24) is 4.98 Å². The number of anilines is 1. The lowest BCUT2D eigenvalue weighted by Gasteiger charge is -2.22. The number of carbonyl (C=O) groups excluding carboxylic acids is 1. The third kappa shape index (κ3) is 4.44. The number of thiazole rings is 1. The number of likely N-dealkylation sites (N-methyl/N-ethyl adjacent to an activating group) is 1. The molecule has 3 aromatic rings. The van der Waals surface area contributed by atoms with Crippen LogP contribution in [0.4, 0.5) is 5.13 Å². The number of benzene rings is 2. The Bertz CT molecular complexity index is 945. The number of aromatic nitrogens is 1. The highest BCUT2D eigenvalue weighted by Gasteiger charge is 2.25. The Hall–Kier alpha value is -2.84. The van der Waals surface area contributed by atoms with Gasteiger partial charge in [0.1, 0.15) is 0 Å². The Balaban J connectivity index is 2.04. The molecule has 0 spiro atoms. The average molecular weight is 417 g/mol. The molecule has 154 valence electrons. The van der Waals surface area contributed by atoms with Crippen molar-refractivity contribution < 1.29 is 23.9 Å². The number of carbonyl (C=O) groups is 1. The molecule has 0 saturated heterocycles. The smallest absolute Gasteiger partial charge is 0.260 e. The van der Waals surface area contributed by atoms with Crippen molar-refractivity contribution >= 4 is 32.6 Å².